The molecule has 0 spiro atoms. The van der Waals surface area contributed by atoms with Gasteiger partial charge in [0.2, 0.25) is 5.91 Å². The van der Waals surface area contributed by atoms with Crippen molar-refractivity contribution in [1.82, 2.24) is 5.43 Å². The van der Waals surface area contributed by atoms with Crippen molar-refractivity contribution in [2.75, 3.05) is 5.32 Å². The van der Waals surface area contributed by atoms with Crippen molar-refractivity contribution >= 4 is 23.2 Å². The molecule has 0 radical (unpaired) electrons. The number of nitrogens with one attached hydrogen (secondary N) is 2. The molecule has 2 N–H and O–H groups in total. The minimum Gasteiger partial charge on any atom is -0.325 e. The molecule has 0 aliphatic carbocycles. The predicted molar refractivity (Wildman–Crippen MR) is 101 cm³/mol. The Morgan fingerprint density at radius 1 is 1.08 bits per heavy atom. The van der Waals surface area contributed by atoms with Crippen molar-refractivity contribution in [1.29, 1.82) is 0 Å². The second-order valence-corrected chi connectivity index (χ2v) is 6.27. The van der Waals surface area contributed by atoms with Gasteiger partial charge in [0.15, 0.2) is 0 Å². The first-order valence-electron chi connectivity index (χ1n) is 8.23. The number of carbonyl (C=O) groups is 2. The third-order valence-corrected chi connectivity index (χ3v) is 3.82. The van der Waals surface area contributed by atoms with E-state index in [2.05, 4.69) is 15.8 Å². The van der Waals surface area contributed by atoms with Crippen LogP contribution in [0.15, 0.2) is 41.5 Å². The van der Waals surface area contributed by atoms with Crippen LogP contribution in [-0.2, 0) is 4.79 Å². The average Bonchev–Trinajstić information content (AvgIpc) is 2.56. The van der Waals surface area contributed by atoms with E-state index in [1.54, 1.807) is 13.0 Å². The van der Waals surface area contributed by atoms with Crippen LogP contribution in [0.2, 0.25) is 0 Å². The number of carbonyl (C=O) groups excluding carboxylic acids is 2. The molecule has 2 rings (SSSR count). The summed E-state index contributed by atoms with van der Waals surface area (Å²) in [6.45, 7) is 7.49. The molecule has 6 heteroatoms. The van der Waals surface area contributed by atoms with Crippen LogP contribution in [0.25, 0.3) is 0 Å². The fourth-order valence-corrected chi connectivity index (χ4v) is 2.68. The normalized spacial score (nSPS) is 11.2. The van der Waals surface area contributed by atoms with Gasteiger partial charge in [-0.25, -0.2) is 9.82 Å². The van der Waals surface area contributed by atoms with E-state index in [-0.39, 0.29) is 17.9 Å². The zero-order valence-corrected chi connectivity index (χ0v) is 15.3. The predicted octanol–water partition coefficient (Wildman–Crippen LogP) is 3.89. The minimum atomic E-state index is -0.659. The fourth-order valence-electron chi connectivity index (χ4n) is 2.68. The highest BCUT2D eigenvalue weighted by Crippen LogP contribution is 2.22. The van der Waals surface area contributed by atoms with E-state index in [1.165, 1.54) is 18.2 Å². The van der Waals surface area contributed by atoms with Gasteiger partial charge in [-0.05, 0) is 51.0 Å². The number of nitrogens with zero attached hydrogens (tertiary/aromatic N) is 1. The van der Waals surface area contributed by atoms with Crippen LogP contribution in [0.3, 0.4) is 0 Å². The van der Waals surface area contributed by atoms with Gasteiger partial charge in [0.1, 0.15) is 5.82 Å². The Balaban J connectivity index is 1.98. The molecule has 0 fully saturated rings. The molecule has 0 heterocycles. The van der Waals surface area contributed by atoms with Gasteiger partial charge in [-0.1, -0.05) is 29.8 Å². The molecule has 0 saturated carbocycles. The number of hydrogen-bond acceptors (Lipinski definition) is 3. The summed E-state index contributed by atoms with van der Waals surface area (Å²) in [6.07, 6.45) is 0.0182. The highest BCUT2D eigenvalue weighted by atomic mass is 19.1. The fraction of sp³-hybridized carbons (Fsp3) is 0.250. The van der Waals surface area contributed by atoms with E-state index in [1.807, 2.05) is 32.9 Å². The van der Waals surface area contributed by atoms with Crippen LogP contribution in [0, 0.1) is 26.6 Å². The van der Waals surface area contributed by atoms with Gasteiger partial charge in [0.25, 0.3) is 5.91 Å². The van der Waals surface area contributed by atoms with E-state index >= 15 is 0 Å². The summed E-state index contributed by atoms with van der Waals surface area (Å²) < 4.78 is 13.5. The molecule has 0 aliphatic heterocycles. The number of benzene rings is 2. The highest BCUT2D eigenvalue weighted by Gasteiger charge is 2.12. The van der Waals surface area contributed by atoms with Gasteiger partial charge in [-0.15, -0.1) is 0 Å². The summed E-state index contributed by atoms with van der Waals surface area (Å²) in [4.78, 5) is 24.1. The summed E-state index contributed by atoms with van der Waals surface area (Å²) in [5, 5.41) is 6.74. The van der Waals surface area contributed by atoms with Crippen molar-refractivity contribution in [2.45, 2.75) is 34.1 Å². The first-order valence-corrected chi connectivity index (χ1v) is 8.23. The van der Waals surface area contributed by atoms with E-state index in [4.69, 9.17) is 0 Å². The van der Waals surface area contributed by atoms with Crippen molar-refractivity contribution in [2.24, 2.45) is 5.10 Å². The maximum Gasteiger partial charge on any atom is 0.274 e. The molecule has 0 saturated heterocycles. The molecule has 136 valence electrons. The molecule has 0 unspecified atom stereocenters. The molecule has 5 nitrogen and oxygen atoms in total. The first kappa shape index (κ1) is 19.3. The van der Waals surface area contributed by atoms with E-state index in [0.717, 1.165) is 22.4 Å². The van der Waals surface area contributed by atoms with Crippen LogP contribution in [-0.4, -0.2) is 17.5 Å². The second kappa shape index (κ2) is 8.38. The Morgan fingerprint density at radius 2 is 1.69 bits per heavy atom. The average molecular weight is 355 g/mol. The van der Waals surface area contributed by atoms with Crippen molar-refractivity contribution < 1.29 is 14.0 Å². The maximum absolute atomic E-state index is 13.5. The zero-order chi connectivity index (χ0) is 19.3. The molecule has 0 aromatic heterocycles. The summed E-state index contributed by atoms with van der Waals surface area (Å²) in [5.41, 5.74) is 6.46. The van der Waals surface area contributed by atoms with Crippen LogP contribution in [0.5, 0.6) is 0 Å². The number of hydrazone groups is 1. The van der Waals surface area contributed by atoms with Gasteiger partial charge in [-0.2, -0.15) is 5.10 Å². The standard InChI is InChI=1S/C20H22FN3O2/c1-12-9-13(2)19(14(3)10-12)22-18(25)11-15(4)23-24-20(26)16-7-5-6-8-17(16)21/h5-10H,11H2,1-4H3,(H,22,25)(H,24,26)/b23-15-. The lowest BCUT2D eigenvalue weighted by Gasteiger charge is -2.12. The van der Waals surface area contributed by atoms with Crippen LogP contribution in [0.1, 0.15) is 40.4 Å². The van der Waals surface area contributed by atoms with Gasteiger partial charge in [0, 0.05) is 11.4 Å². The number of rotatable bonds is 5. The van der Waals surface area contributed by atoms with Crippen molar-refractivity contribution in [3.63, 3.8) is 0 Å². The van der Waals surface area contributed by atoms with E-state index < -0.39 is 11.7 Å². The molecule has 2 amide bonds. The minimum absolute atomic E-state index is 0.0182. The third kappa shape index (κ3) is 4.99. The Kier molecular flexibility index (Phi) is 6.22. The van der Waals surface area contributed by atoms with E-state index in [0.29, 0.717) is 5.71 Å². The topological polar surface area (TPSA) is 70.6 Å². The Hall–Kier alpha value is -3.02. The SMILES string of the molecule is C/C(CC(=O)Nc1c(C)cc(C)cc1C)=N/NC(=O)c1ccccc1F. The zero-order valence-electron chi connectivity index (χ0n) is 15.3. The Labute approximate surface area is 152 Å². The molecule has 0 atom stereocenters. The lowest BCUT2D eigenvalue weighted by molar-refractivity contribution is -0.115. The summed E-state index contributed by atoms with van der Waals surface area (Å²) >= 11 is 0. The molecule has 2 aromatic carbocycles. The molecular weight excluding hydrogens is 333 g/mol. The number of aryl methyl sites for hydroxylation is 3. The van der Waals surface area contributed by atoms with Crippen LogP contribution >= 0.6 is 0 Å². The second-order valence-electron chi connectivity index (χ2n) is 6.27. The first-order chi connectivity index (χ1) is 12.3. The number of halogens is 1. The maximum atomic E-state index is 13.5. The van der Waals surface area contributed by atoms with Crippen molar-refractivity contribution in [3.8, 4) is 0 Å². The van der Waals surface area contributed by atoms with Crippen LogP contribution < -0.4 is 10.7 Å². The molecule has 2 aromatic rings. The molecular formula is C20H22FN3O2. The van der Waals surface area contributed by atoms with Gasteiger partial charge in [0.05, 0.1) is 12.0 Å². The Morgan fingerprint density at radius 3 is 2.31 bits per heavy atom. The lowest BCUT2D eigenvalue weighted by atomic mass is 10.0. The smallest absolute Gasteiger partial charge is 0.274 e. The van der Waals surface area contributed by atoms with E-state index in [9.17, 15) is 14.0 Å². The third-order valence-electron chi connectivity index (χ3n) is 3.82. The number of amides is 2. The van der Waals surface area contributed by atoms with Gasteiger partial charge < -0.3 is 5.32 Å². The summed E-state index contributed by atoms with van der Waals surface area (Å²) in [6, 6.07) is 9.63. The Bertz CT molecular complexity index is 852. The van der Waals surface area contributed by atoms with Crippen LogP contribution in [0.4, 0.5) is 10.1 Å². The molecule has 26 heavy (non-hydrogen) atoms. The molecule has 0 aliphatic rings. The summed E-state index contributed by atoms with van der Waals surface area (Å²) in [5.74, 6) is -1.52. The van der Waals surface area contributed by atoms with Gasteiger partial charge >= 0.3 is 0 Å². The van der Waals surface area contributed by atoms with Crippen molar-refractivity contribution in [3.05, 3.63) is 64.5 Å². The highest BCUT2D eigenvalue weighted by molar-refractivity contribution is 6.06. The lowest BCUT2D eigenvalue weighted by Crippen LogP contribution is -2.22. The number of anilines is 1. The quantitative estimate of drug-likeness (QED) is 0.631. The monoisotopic (exact) mass is 355 g/mol. The number of hydrogen-bond donors (Lipinski definition) is 2. The largest absolute Gasteiger partial charge is 0.325 e. The molecule has 0 bridgehead atoms. The van der Waals surface area contributed by atoms with Gasteiger partial charge in [-0.3, -0.25) is 9.59 Å². The summed E-state index contributed by atoms with van der Waals surface area (Å²) in [7, 11) is 0.